The van der Waals surface area contributed by atoms with Gasteiger partial charge < -0.3 is 4.90 Å². The molecule has 0 radical (unpaired) electrons. The molecule has 0 spiro atoms. The summed E-state index contributed by atoms with van der Waals surface area (Å²) in [5.74, 6) is 0.132. The third-order valence-electron chi connectivity index (χ3n) is 5.65. The maximum Gasteiger partial charge on any atom is 0.227 e. The second-order valence-corrected chi connectivity index (χ2v) is 7.44. The zero-order valence-electron chi connectivity index (χ0n) is 15.0. The molecular formula is C22H25FN2O. The smallest absolute Gasteiger partial charge is 0.227 e. The first-order chi connectivity index (χ1) is 12.7. The van der Waals surface area contributed by atoms with Gasteiger partial charge in [0, 0.05) is 31.7 Å². The summed E-state index contributed by atoms with van der Waals surface area (Å²) in [4.78, 5) is 17.3. The molecule has 4 rings (SSSR count). The minimum atomic E-state index is -0.159. The van der Waals surface area contributed by atoms with E-state index in [2.05, 4.69) is 23.1 Å². The van der Waals surface area contributed by atoms with Gasteiger partial charge in [-0.1, -0.05) is 42.5 Å². The van der Waals surface area contributed by atoms with Gasteiger partial charge in [-0.05, 0) is 43.0 Å². The third-order valence-corrected chi connectivity index (χ3v) is 5.65. The molecule has 3 nitrogen and oxygen atoms in total. The van der Waals surface area contributed by atoms with E-state index in [0.717, 1.165) is 45.4 Å². The number of amides is 1. The minimum Gasteiger partial charge on any atom is -0.338 e. The van der Waals surface area contributed by atoms with E-state index in [1.807, 2.05) is 23.1 Å². The zero-order chi connectivity index (χ0) is 17.9. The number of hydrogen-bond donors (Lipinski definition) is 0. The van der Waals surface area contributed by atoms with Crippen LogP contribution in [0.2, 0.25) is 0 Å². The molecule has 2 heterocycles. The summed E-state index contributed by atoms with van der Waals surface area (Å²) in [5, 5.41) is 0. The van der Waals surface area contributed by atoms with Crippen molar-refractivity contribution in [1.82, 2.24) is 9.80 Å². The van der Waals surface area contributed by atoms with Gasteiger partial charge in [-0.15, -0.1) is 0 Å². The summed E-state index contributed by atoms with van der Waals surface area (Å²) in [6.45, 7) is 3.77. The van der Waals surface area contributed by atoms with Crippen molar-refractivity contribution in [2.45, 2.75) is 32.4 Å². The van der Waals surface area contributed by atoms with Gasteiger partial charge in [-0.2, -0.15) is 0 Å². The first-order valence-electron chi connectivity index (χ1n) is 9.52. The van der Waals surface area contributed by atoms with E-state index in [9.17, 15) is 9.18 Å². The summed E-state index contributed by atoms with van der Waals surface area (Å²) in [6, 6.07) is 15.3. The molecule has 2 aliphatic rings. The average molecular weight is 352 g/mol. The Morgan fingerprint density at radius 2 is 1.81 bits per heavy atom. The van der Waals surface area contributed by atoms with Crippen LogP contribution in [-0.2, 0) is 24.3 Å². The van der Waals surface area contributed by atoms with Crippen LogP contribution < -0.4 is 0 Å². The maximum atomic E-state index is 13.9. The molecule has 136 valence electrons. The Bertz CT molecular complexity index is 791. The van der Waals surface area contributed by atoms with Crippen molar-refractivity contribution in [3.63, 3.8) is 0 Å². The van der Waals surface area contributed by atoms with Gasteiger partial charge >= 0.3 is 0 Å². The molecule has 0 aliphatic carbocycles. The molecule has 0 N–H and O–H groups in total. The minimum absolute atomic E-state index is 0.0285. The summed E-state index contributed by atoms with van der Waals surface area (Å²) in [5.41, 5.74) is 3.35. The van der Waals surface area contributed by atoms with E-state index in [1.54, 1.807) is 6.07 Å². The molecule has 2 aromatic rings. The van der Waals surface area contributed by atoms with Crippen molar-refractivity contribution in [3.05, 3.63) is 71.0 Å². The number of rotatable bonds is 3. The number of fused-ring (bicyclic) bond motifs is 1. The van der Waals surface area contributed by atoms with Crippen LogP contribution in [0.3, 0.4) is 0 Å². The van der Waals surface area contributed by atoms with E-state index in [4.69, 9.17) is 0 Å². The number of likely N-dealkylation sites (tertiary alicyclic amines) is 1. The monoisotopic (exact) mass is 352 g/mol. The van der Waals surface area contributed by atoms with E-state index in [0.29, 0.717) is 12.1 Å². The lowest BCUT2D eigenvalue weighted by Gasteiger charge is -2.36. The second-order valence-electron chi connectivity index (χ2n) is 7.44. The predicted octanol–water partition coefficient (Wildman–Crippen LogP) is 3.62. The number of halogens is 1. The van der Waals surface area contributed by atoms with Crippen molar-refractivity contribution in [3.8, 4) is 0 Å². The van der Waals surface area contributed by atoms with Gasteiger partial charge in [-0.3, -0.25) is 9.69 Å². The zero-order valence-corrected chi connectivity index (χ0v) is 15.0. The molecule has 2 aromatic carbocycles. The normalized spacial score (nSPS) is 20.7. The van der Waals surface area contributed by atoms with Crippen LogP contribution in [0.25, 0.3) is 0 Å². The Morgan fingerprint density at radius 3 is 2.65 bits per heavy atom. The van der Waals surface area contributed by atoms with E-state index < -0.39 is 0 Å². The van der Waals surface area contributed by atoms with Crippen LogP contribution >= 0.6 is 0 Å². The molecule has 1 amide bonds. The SMILES string of the molecule is O=C([C@@H]1CCCN(Cc2ccccc2F)C1)N1CCc2ccccc2C1. The topological polar surface area (TPSA) is 23.6 Å². The summed E-state index contributed by atoms with van der Waals surface area (Å²) in [7, 11) is 0. The standard InChI is InChI=1S/C22H25FN2O/c23-21-10-4-3-8-19(21)14-24-12-5-9-20(15-24)22(26)25-13-11-17-6-1-2-7-18(17)16-25/h1-4,6-8,10,20H,5,9,11-16H2/t20-/m1/s1. The predicted molar refractivity (Wildman–Crippen MR) is 100.0 cm³/mol. The van der Waals surface area contributed by atoms with Gasteiger partial charge in [0.1, 0.15) is 5.82 Å². The fourth-order valence-electron chi connectivity index (χ4n) is 4.21. The summed E-state index contributed by atoms with van der Waals surface area (Å²) in [6.07, 6.45) is 2.87. The van der Waals surface area contributed by atoms with Gasteiger partial charge in [0.25, 0.3) is 0 Å². The molecule has 1 atom stereocenters. The Balaban J connectivity index is 1.40. The van der Waals surface area contributed by atoms with Gasteiger partial charge in [0.15, 0.2) is 0 Å². The average Bonchev–Trinajstić information content (AvgIpc) is 2.69. The Kier molecular flexibility index (Phi) is 5.02. The molecule has 1 fully saturated rings. The van der Waals surface area contributed by atoms with E-state index >= 15 is 0 Å². The highest BCUT2D eigenvalue weighted by Crippen LogP contribution is 2.25. The first kappa shape index (κ1) is 17.2. The highest BCUT2D eigenvalue weighted by Gasteiger charge is 2.31. The number of piperidine rings is 1. The van der Waals surface area contributed by atoms with Crippen molar-refractivity contribution in [2.24, 2.45) is 5.92 Å². The highest BCUT2D eigenvalue weighted by atomic mass is 19.1. The molecule has 1 saturated heterocycles. The van der Waals surface area contributed by atoms with Crippen LogP contribution in [0, 0.1) is 11.7 Å². The van der Waals surface area contributed by atoms with Gasteiger partial charge in [0.2, 0.25) is 5.91 Å². The lowest BCUT2D eigenvalue weighted by atomic mass is 9.93. The quantitative estimate of drug-likeness (QED) is 0.842. The van der Waals surface area contributed by atoms with Crippen LogP contribution in [0.5, 0.6) is 0 Å². The molecular weight excluding hydrogens is 327 g/mol. The Labute approximate surface area is 154 Å². The Morgan fingerprint density at radius 1 is 1.04 bits per heavy atom. The molecule has 2 aliphatic heterocycles. The number of carbonyl (C=O) groups is 1. The molecule has 4 heteroatoms. The fraction of sp³-hybridized carbons (Fsp3) is 0.409. The molecule has 0 saturated carbocycles. The number of hydrogen-bond acceptors (Lipinski definition) is 2. The lowest BCUT2D eigenvalue weighted by molar-refractivity contribution is -0.138. The molecule has 0 bridgehead atoms. The lowest BCUT2D eigenvalue weighted by Crippen LogP contribution is -2.46. The first-order valence-corrected chi connectivity index (χ1v) is 9.52. The fourth-order valence-corrected chi connectivity index (χ4v) is 4.21. The molecule has 0 unspecified atom stereocenters. The third kappa shape index (κ3) is 3.65. The van der Waals surface area contributed by atoms with Crippen LogP contribution in [0.1, 0.15) is 29.5 Å². The second kappa shape index (κ2) is 7.58. The Hall–Kier alpha value is -2.20. The molecule has 26 heavy (non-hydrogen) atoms. The van der Waals surface area contributed by atoms with Gasteiger partial charge in [0.05, 0.1) is 5.92 Å². The van der Waals surface area contributed by atoms with Crippen molar-refractivity contribution >= 4 is 5.91 Å². The van der Waals surface area contributed by atoms with E-state index in [1.165, 1.54) is 17.2 Å². The van der Waals surface area contributed by atoms with Gasteiger partial charge in [-0.25, -0.2) is 4.39 Å². The maximum absolute atomic E-state index is 13.9. The summed E-state index contributed by atoms with van der Waals surface area (Å²) < 4.78 is 13.9. The van der Waals surface area contributed by atoms with Crippen LogP contribution in [0.15, 0.2) is 48.5 Å². The summed E-state index contributed by atoms with van der Waals surface area (Å²) >= 11 is 0. The van der Waals surface area contributed by atoms with Crippen LogP contribution in [-0.4, -0.2) is 35.3 Å². The van der Waals surface area contributed by atoms with Crippen molar-refractivity contribution in [2.75, 3.05) is 19.6 Å². The van der Waals surface area contributed by atoms with Crippen LogP contribution in [0.4, 0.5) is 4.39 Å². The van der Waals surface area contributed by atoms with E-state index in [-0.39, 0.29) is 17.6 Å². The van der Waals surface area contributed by atoms with Crippen molar-refractivity contribution < 1.29 is 9.18 Å². The van der Waals surface area contributed by atoms with Crippen molar-refractivity contribution in [1.29, 1.82) is 0 Å². The molecule has 0 aromatic heterocycles. The highest BCUT2D eigenvalue weighted by molar-refractivity contribution is 5.79. The number of nitrogens with zero attached hydrogens (tertiary/aromatic N) is 2. The number of benzene rings is 2. The number of carbonyl (C=O) groups excluding carboxylic acids is 1. The largest absolute Gasteiger partial charge is 0.338 e.